The number of aliphatic carboxylic acids is 1. The summed E-state index contributed by atoms with van der Waals surface area (Å²) in [6.07, 6.45) is 2.01. The van der Waals surface area contributed by atoms with E-state index in [1.165, 1.54) is 38.3 Å². The zero-order valence-electron chi connectivity index (χ0n) is 13.8. The second kappa shape index (κ2) is 8.01. The van der Waals surface area contributed by atoms with E-state index in [-0.39, 0.29) is 17.3 Å². The number of carbonyl (C=O) groups excluding carboxylic acids is 1. The monoisotopic (exact) mass is 342 g/mol. The Kier molecular flexibility index (Phi) is 5.79. The first-order valence-corrected chi connectivity index (χ1v) is 7.49. The molecule has 130 valence electrons. The Labute approximate surface area is 144 Å². The molecule has 0 radical (unpaired) electrons. The lowest BCUT2D eigenvalue weighted by Crippen LogP contribution is -2.22. The molecule has 0 aliphatic carbocycles. The fraction of sp³-hybridized carbons (Fsp3) is 0.158. The third-order valence-corrected chi connectivity index (χ3v) is 3.41. The standard InChI is InChI=1S/C19H18O6/c1-12(19(22)23)25-15-5-3-4-13(10-15)6-8-16(20)14-7-9-17(21)18(11-14)24-2/h3-12,21H,1-2H3,(H,22,23)/b8-6+/t12-/m1/s1. The predicted octanol–water partition coefficient (Wildman–Crippen LogP) is 3.15. The number of benzene rings is 2. The van der Waals surface area contributed by atoms with E-state index in [1.807, 2.05) is 0 Å². The molecule has 0 unspecified atom stereocenters. The first-order chi connectivity index (χ1) is 11.9. The van der Waals surface area contributed by atoms with Crippen LogP contribution < -0.4 is 9.47 Å². The number of hydrogen-bond acceptors (Lipinski definition) is 5. The normalized spacial score (nSPS) is 11.9. The summed E-state index contributed by atoms with van der Waals surface area (Å²) < 4.78 is 10.3. The molecular formula is C19H18O6. The molecule has 6 nitrogen and oxygen atoms in total. The maximum atomic E-state index is 12.2. The molecule has 2 aromatic carbocycles. The minimum atomic E-state index is -1.06. The van der Waals surface area contributed by atoms with Crippen molar-refractivity contribution in [3.63, 3.8) is 0 Å². The number of ether oxygens (including phenoxy) is 2. The molecular weight excluding hydrogens is 324 g/mol. The number of methoxy groups -OCH3 is 1. The minimum Gasteiger partial charge on any atom is -0.504 e. The van der Waals surface area contributed by atoms with Gasteiger partial charge >= 0.3 is 5.97 Å². The van der Waals surface area contributed by atoms with Crippen molar-refractivity contribution in [2.45, 2.75) is 13.0 Å². The molecule has 0 saturated carbocycles. The van der Waals surface area contributed by atoms with Gasteiger partial charge in [0.1, 0.15) is 5.75 Å². The second-order valence-corrected chi connectivity index (χ2v) is 5.26. The van der Waals surface area contributed by atoms with Crippen molar-refractivity contribution in [1.29, 1.82) is 0 Å². The molecule has 1 atom stereocenters. The maximum Gasteiger partial charge on any atom is 0.344 e. The highest BCUT2D eigenvalue weighted by atomic mass is 16.5. The van der Waals surface area contributed by atoms with Crippen molar-refractivity contribution in [2.75, 3.05) is 7.11 Å². The van der Waals surface area contributed by atoms with Crippen molar-refractivity contribution in [3.8, 4) is 17.2 Å². The second-order valence-electron chi connectivity index (χ2n) is 5.26. The van der Waals surface area contributed by atoms with Gasteiger partial charge in [-0.3, -0.25) is 4.79 Å². The maximum absolute atomic E-state index is 12.2. The van der Waals surface area contributed by atoms with Crippen LogP contribution in [0.4, 0.5) is 0 Å². The average Bonchev–Trinajstić information content (AvgIpc) is 2.60. The lowest BCUT2D eigenvalue weighted by molar-refractivity contribution is -0.144. The van der Waals surface area contributed by atoms with E-state index < -0.39 is 12.1 Å². The summed E-state index contributed by atoms with van der Waals surface area (Å²) >= 11 is 0. The predicted molar refractivity (Wildman–Crippen MR) is 92.2 cm³/mol. The van der Waals surface area contributed by atoms with Gasteiger partial charge in [-0.2, -0.15) is 0 Å². The van der Waals surface area contributed by atoms with Crippen LogP contribution in [0.5, 0.6) is 17.2 Å². The summed E-state index contributed by atoms with van der Waals surface area (Å²) in [4.78, 5) is 23.0. The number of allylic oxidation sites excluding steroid dienone is 1. The highest BCUT2D eigenvalue weighted by molar-refractivity contribution is 6.07. The summed E-state index contributed by atoms with van der Waals surface area (Å²) in [5, 5.41) is 18.4. The zero-order chi connectivity index (χ0) is 18.4. The summed E-state index contributed by atoms with van der Waals surface area (Å²) in [6, 6.07) is 11.1. The Morgan fingerprint density at radius 1 is 1.16 bits per heavy atom. The molecule has 25 heavy (non-hydrogen) atoms. The molecule has 0 saturated heterocycles. The molecule has 0 aromatic heterocycles. The number of carboxylic acid groups (broad SMARTS) is 1. The number of phenolic OH excluding ortho intramolecular Hbond substituents is 1. The van der Waals surface area contributed by atoms with E-state index in [0.717, 1.165) is 0 Å². The summed E-state index contributed by atoms with van der Waals surface area (Å²) in [5.74, 6) is -0.741. The van der Waals surface area contributed by atoms with Crippen LogP contribution in [0, 0.1) is 0 Å². The molecule has 0 bridgehead atoms. The van der Waals surface area contributed by atoms with Gasteiger partial charge in [-0.25, -0.2) is 4.79 Å². The number of ketones is 1. The number of carbonyl (C=O) groups is 2. The van der Waals surface area contributed by atoms with Crippen molar-refractivity contribution in [3.05, 3.63) is 59.7 Å². The van der Waals surface area contributed by atoms with E-state index in [1.54, 1.807) is 30.3 Å². The fourth-order valence-corrected chi connectivity index (χ4v) is 2.05. The number of carboxylic acids is 1. The molecule has 0 aliphatic heterocycles. The molecule has 0 aliphatic rings. The van der Waals surface area contributed by atoms with Crippen molar-refractivity contribution in [1.82, 2.24) is 0 Å². The molecule has 2 rings (SSSR count). The Morgan fingerprint density at radius 3 is 2.60 bits per heavy atom. The lowest BCUT2D eigenvalue weighted by atomic mass is 10.1. The minimum absolute atomic E-state index is 0.0413. The number of phenols is 1. The van der Waals surface area contributed by atoms with Gasteiger partial charge in [0.25, 0.3) is 0 Å². The smallest absolute Gasteiger partial charge is 0.344 e. The molecule has 2 aromatic rings. The van der Waals surface area contributed by atoms with Gasteiger partial charge in [-0.15, -0.1) is 0 Å². The van der Waals surface area contributed by atoms with Crippen LogP contribution in [-0.2, 0) is 4.79 Å². The Balaban J connectivity index is 2.13. The largest absolute Gasteiger partial charge is 0.504 e. The molecule has 6 heteroatoms. The van der Waals surface area contributed by atoms with E-state index in [2.05, 4.69) is 0 Å². The lowest BCUT2D eigenvalue weighted by Gasteiger charge is -2.10. The van der Waals surface area contributed by atoms with Gasteiger partial charge in [-0.05, 0) is 48.9 Å². The summed E-state index contributed by atoms with van der Waals surface area (Å²) in [5.41, 5.74) is 1.06. The SMILES string of the molecule is COc1cc(C(=O)/C=C/c2cccc(O[C@H](C)C(=O)O)c2)ccc1O. The quantitative estimate of drug-likeness (QED) is 0.593. The van der Waals surface area contributed by atoms with Crippen LogP contribution in [0.1, 0.15) is 22.8 Å². The third-order valence-electron chi connectivity index (χ3n) is 3.41. The zero-order valence-corrected chi connectivity index (χ0v) is 13.8. The van der Waals surface area contributed by atoms with Crippen LogP contribution in [0.3, 0.4) is 0 Å². The number of aromatic hydroxyl groups is 1. The number of hydrogen-bond donors (Lipinski definition) is 2. The molecule has 0 fully saturated rings. The van der Waals surface area contributed by atoms with Gasteiger partial charge in [-0.1, -0.05) is 18.2 Å². The highest BCUT2D eigenvalue weighted by Crippen LogP contribution is 2.26. The van der Waals surface area contributed by atoms with E-state index in [4.69, 9.17) is 14.6 Å². The van der Waals surface area contributed by atoms with Gasteiger partial charge in [0.05, 0.1) is 7.11 Å². The Morgan fingerprint density at radius 2 is 1.92 bits per heavy atom. The first-order valence-electron chi connectivity index (χ1n) is 7.49. The van der Waals surface area contributed by atoms with Gasteiger partial charge < -0.3 is 19.7 Å². The Hall–Kier alpha value is -3.28. The fourth-order valence-electron chi connectivity index (χ4n) is 2.05. The molecule has 0 spiro atoms. The van der Waals surface area contributed by atoms with Crippen LogP contribution in [-0.4, -0.2) is 35.2 Å². The van der Waals surface area contributed by atoms with Gasteiger partial charge in [0.2, 0.25) is 0 Å². The van der Waals surface area contributed by atoms with Crippen LogP contribution in [0.2, 0.25) is 0 Å². The van der Waals surface area contributed by atoms with Crippen LogP contribution >= 0.6 is 0 Å². The molecule has 0 heterocycles. The third kappa shape index (κ3) is 4.84. The van der Waals surface area contributed by atoms with Crippen molar-refractivity contribution < 1.29 is 29.3 Å². The molecule has 2 N–H and O–H groups in total. The number of rotatable bonds is 7. The van der Waals surface area contributed by atoms with Crippen molar-refractivity contribution >= 4 is 17.8 Å². The van der Waals surface area contributed by atoms with Gasteiger partial charge in [0, 0.05) is 5.56 Å². The summed E-state index contributed by atoms with van der Waals surface area (Å²) in [7, 11) is 1.41. The molecule has 0 amide bonds. The van der Waals surface area contributed by atoms with Crippen molar-refractivity contribution in [2.24, 2.45) is 0 Å². The topological polar surface area (TPSA) is 93.1 Å². The summed E-state index contributed by atoms with van der Waals surface area (Å²) in [6.45, 7) is 1.44. The van der Waals surface area contributed by atoms with Crippen LogP contribution in [0.15, 0.2) is 48.5 Å². The van der Waals surface area contributed by atoms with E-state index in [9.17, 15) is 14.7 Å². The average molecular weight is 342 g/mol. The Bertz CT molecular complexity index is 809. The van der Waals surface area contributed by atoms with E-state index in [0.29, 0.717) is 16.9 Å². The van der Waals surface area contributed by atoms with Gasteiger partial charge in [0.15, 0.2) is 23.4 Å². The first kappa shape index (κ1) is 18.1. The highest BCUT2D eigenvalue weighted by Gasteiger charge is 2.12. The van der Waals surface area contributed by atoms with E-state index >= 15 is 0 Å². The van der Waals surface area contributed by atoms with Crippen LogP contribution in [0.25, 0.3) is 6.08 Å².